The molecule has 3 rings (SSSR count). The van der Waals surface area contributed by atoms with Crippen molar-refractivity contribution in [2.75, 3.05) is 0 Å². The molecule has 6 heteroatoms. The molecule has 2 aromatic heterocycles. The summed E-state index contributed by atoms with van der Waals surface area (Å²) in [7, 11) is 0. The number of rotatable bonds is 6. The largest absolute Gasteiger partial charge is 0.308 e. The maximum Gasteiger partial charge on any atom is 0.138 e. The van der Waals surface area contributed by atoms with Crippen molar-refractivity contribution >= 4 is 0 Å². The molecule has 1 N–H and O–H groups in total. The van der Waals surface area contributed by atoms with Gasteiger partial charge in [0, 0.05) is 18.8 Å². The van der Waals surface area contributed by atoms with Gasteiger partial charge in [-0.05, 0) is 44.0 Å². The lowest BCUT2D eigenvalue weighted by Gasteiger charge is -2.22. The number of aromatic nitrogens is 5. The third-order valence-electron chi connectivity index (χ3n) is 4.12. The van der Waals surface area contributed by atoms with Crippen LogP contribution in [0, 0.1) is 6.92 Å². The highest BCUT2D eigenvalue weighted by Gasteiger charge is 2.14. The second kappa shape index (κ2) is 6.75. The normalized spacial score (nSPS) is 13.9. The van der Waals surface area contributed by atoms with E-state index in [1.165, 1.54) is 17.5 Å². The summed E-state index contributed by atoms with van der Waals surface area (Å²) in [5, 5.41) is 12.1. The molecule has 0 radical (unpaired) electrons. The lowest BCUT2D eigenvalue weighted by atomic mass is 10.1. The fraction of sp³-hybridized carbons (Fsp3) is 0.353. The zero-order valence-corrected chi connectivity index (χ0v) is 13.7. The molecular weight excluding hydrogens is 288 g/mol. The molecule has 0 fully saturated rings. The first-order valence-corrected chi connectivity index (χ1v) is 7.81. The lowest BCUT2D eigenvalue weighted by Crippen LogP contribution is -2.33. The van der Waals surface area contributed by atoms with Crippen LogP contribution in [0.2, 0.25) is 0 Å². The molecule has 0 saturated carbocycles. The van der Waals surface area contributed by atoms with Gasteiger partial charge in [0.1, 0.15) is 12.7 Å². The molecule has 0 amide bonds. The Labute approximate surface area is 136 Å². The molecule has 120 valence electrons. The van der Waals surface area contributed by atoms with E-state index in [9.17, 15) is 0 Å². The van der Waals surface area contributed by atoms with Gasteiger partial charge >= 0.3 is 0 Å². The first-order chi connectivity index (χ1) is 11.1. The zero-order valence-electron chi connectivity index (χ0n) is 13.7. The Hall–Kier alpha value is -2.47. The standard InChI is InChI=1S/C17H22N6/c1-13-8-20-22(10-13)15(3)14(2)19-9-16-4-6-17(7-5-16)23-12-18-11-21-23/h4-8,10-12,14-15,19H,9H2,1-3H3. The number of nitrogens with one attached hydrogen (secondary N) is 1. The van der Waals surface area contributed by atoms with E-state index >= 15 is 0 Å². The number of nitrogens with zero attached hydrogens (tertiary/aromatic N) is 5. The molecule has 3 aromatic rings. The van der Waals surface area contributed by atoms with Crippen molar-refractivity contribution in [2.45, 2.75) is 39.4 Å². The molecule has 23 heavy (non-hydrogen) atoms. The molecule has 2 heterocycles. The van der Waals surface area contributed by atoms with Crippen LogP contribution in [0.5, 0.6) is 0 Å². The van der Waals surface area contributed by atoms with Gasteiger partial charge in [-0.2, -0.15) is 10.2 Å². The van der Waals surface area contributed by atoms with Gasteiger partial charge < -0.3 is 5.32 Å². The smallest absolute Gasteiger partial charge is 0.138 e. The summed E-state index contributed by atoms with van der Waals surface area (Å²) in [5.74, 6) is 0. The van der Waals surface area contributed by atoms with Gasteiger partial charge in [-0.3, -0.25) is 4.68 Å². The van der Waals surface area contributed by atoms with E-state index in [1.54, 1.807) is 11.0 Å². The van der Waals surface area contributed by atoms with Crippen LogP contribution in [0.25, 0.3) is 5.69 Å². The van der Waals surface area contributed by atoms with Crippen LogP contribution in [0.1, 0.15) is 31.0 Å². The van der Waals surface area contributed by atoms with E-state index in [2.05, 4.69) is 71.7 Å². The summed E-state index contributed by atoms with van der Waals surface area (Å²) in [6, 6.07) is 8.95. The van der Waals surface area contributed by atoms with Crippen LogP contribution in [-0.2, 0) is 6.54 Å². The molecule has 0 bridgehead atoms. The summed E-state index contributed by atoms with van der Waals surface area (Å²) >= 11 is 0. The summed E-state index contributed by atoms with van der Waals surface area (Å²) in [5.41, 5.74) is 3.44. The number of aryl methyl sites for hydroxylation is 1. The van der Waals surface area contributed by atoms with E-state index in [1.807, 2.05) is 10.9 Å². The van der Waals surface area contributed by atoms with Crippen molar-refractivity contribution in [3.63, 3.8) is 0 Å². The van der Waals surface area contributed by atoms with Crippen LogP contribution in [0.3, 0.4) is 0 Å². The Morgan fingerprint density at radius 1 is 1.13 bits per heavy atom. The highest BCUT2D eigenvalue weighted by molar-refractivity contribution is 5.33. The van der Waals surface area contributed by atoms with Crippen LogP contribution >= 0.6 is 0 Å². The van der Waals surface area contributed by atoms with Gasteiger partial charge in [0.25, 0.3) is 0 Å². The van der Waals surface area contributed by atoms with E-state index < -0.39 is 0 Å². The highest BCUT2D eigenvalue weighted by atomic mass is 15.3. The average molecular weight is 310 g/mol. The van der Waals surface area contributed by atoms with E-state index in [4.69, 9.17) is 0 Å². The van der Waals surface area contributed by atoms with E-state index in [-0.39, 0.29) is 0 Å². The molecule has 2 atom stereocenters. The maximum absolute atomic E-state index is 4.39. The second-order valence-electron chi connectivity index (χ2n) is 5.91. The topological polar surface area (TPSA) is 60.6 Å². The number of benzene rings is 1. The highest BCUT2D eigenvalue weighted by Crippen LogP contribution is 2.12. The Bertz CT molecular complexity index is 729. The Kier molecular flexibility index (Phi) is 4.52. The average Bonchev–Trinajstić information content (AvgIpc) is 3.24. The van der Waals surface area contributed by atoms with Crippen LogP contribution in [-0.4, -0.2) is 30.6 Å². The second-order valence-corrected chi connectivity index (χ2v) is 5.91. The molecule has 2 unspecified atom stereocenters. The summed E-state index contributed by atoms with van der Waals surface area (Å²) < 4.78 is 3.77. The van der Waals surface area contributed by atoms with Crippen LogP contribution in [0.4, 0.5) is 0 Å². The van der Waals surface area contributed by atoms with Gasteiger partial charge in [0.2, 0.25) is 0 Å². The van der Waals surface area contributed by atoms with Crippen molar-refractivity contribution in [3.05, 3.63) is 60.4 Å². The molecule has 0 spiro atoms. The molecule has 1 aromatic carbocycles. The number of hydrogen-bond acceptors (Lipinski definition) is 4. The number of hydrogen-bond donors (Lipinski definition) is 1. The van der Waals surface area contributed by atoms with Crippen molar-refractivity contribution in [2.24, 2.45) is 0 Å². The van der Waals surface area contributed by atoms with E-state index in [0.29, 0.717) is 12.1 Å². The minimum absolute atomic E-state index is 0.304. The molecular formula is C17H22N6. The van der Waals surface area contributed by atoms with Crippen LogP contribution in [0.15, 0.2) is 49.3 Å². The van der Waals surface area contributed by atoms with Gasteiger partial charge in [-0.25, -0.2) is 9.67 Å². The molecule has 0 saturated heterocycles. The van der Waals surface area contributed by atoms with Gasteiger partial charge in [-0.1, -0.05) is 12.1 Å². The lowest BCUT2D eigenvalue weighted by molar-refractivity contribution is 0.365. The summed E-state index contributed by atoms with van der Waals surface area (Å²) in [4.78, 5) is 3.96. The molecule has 0 aliphatic rings. The van der Waals surface area contributed by atoms with Gasteiger partial charge in [0.15, 0.2) is 0 Å². The Balaban J connectivity index is 1.57. The van der Waals surface area contributed by atoms with Gasteiger partial charge in [0.05, 0.1) is 17.9 Å². The predicted octanol–water partition coefficient (Wildman–Crippen LogP) is 2.51. The first kappa shape index (κ1) is 15.4. The third kappa shape index (κ3) is 3.65. The minimum Gasteiger partial charge on any atom is -0.308 e. The maximum atomic E-state index is 4.39. The van der Waals surface area contributed by atoms with E-state index in [0.717, 1.165) is 12.2 Å². The monoisotopic (exact) mass is 310 g/mol. The predicted molar refractivity (Wildman–Crippen MR) is 89.3 cm³/mol. The zero-order chi connectivity index (χ0) is 16.2. The fourth-order valence-corrected chi connectivity index (χ4v) is 2.44. The first-order valence-electron chi connectivity index (χ1n) is 7.81. The minimum atomic E-state index is 0.304. The Morgan fingerprint density at radius 3 is 2.52 bits per heavy atom. The fourth-order valence-electron chi connectivity index (χ4n) is 2.44. The molecule has 6 nitrogen and oxygen atoms in total. The summed E-state index contributed by atoms with van der Waals surface area (Å²) in [6.07, 6.45) is 7.21. The Morgan fingerprint density at radius 2 is 1.91 bits per heavy atom. The van der Waals surface area contributed by atoms with Gasteiger partial charge in [-0.15, -0.1) is 0 Å². The van der Waals surface area contributed by atoms with Crippen molar-refractivity contribution < 1.29 is 0 Å². The van der Waals surface area contributed by atoms with Crippen LogP contribution < -0.4 is 5.32 Å². The van der Waals surface area contributed by atoms with Crippen molar-refractivity contribution in [1.82, 2.24) is 29.9 Å². The quantitative estimate of drug-likeness (QED) is 0.760. The molecule has 0 aliphatic heterocycles. The molecule has 0 aliphatic carbocycles. The van der Waals surface area contributed by atoms with Crippen molar-refractivity contribution in [3.8, 4) is 5.69 Å². The SMILES string of the molecule is Cc1cnn(C(C)C(C)NCc2ccc(-n3cncn3)cc2)c1. The van der Waals surface area contributed by atoms with Crippen molar-refractivity contribution in [1.29, 1.82) is 0 Å². The summed E-state index contributed by atoms with van der Waals surface area (Å²) in [6.45, 7) is 7.25. The third-order valence-corrected chi connectivity index (χ3v) is 4.12.